The summed E-state index contributed by atoms with van der Waals surface area (Å²) in [4.78, 5) is 12.3. The molecule has 0 radical (unpaired) electrons. The van der Waals surface area contributed by atoms with Gasteiger partial charge < -0.3 is 29.5 Å². The number of hydrogen-bond acceptors (Lipinski definition) is 8. The van der Waals surface area contributed by atoms with E-state index in [4.69, 9.17) is 26.3 Å². The van der Waals surface area contributed by atoms with Crippen LogP contribution in [-0.4, -0.2) is 67.9 Å². The number of nitrogens with zero attached hydrogens (tertiary/aromatic N) is 5. The molecule has 0 aliphatic carbocycles. The number of allylic oxidation sites excluding steroid dienone is 1. The monoisotopic (exact) mass is 511 g/mol. The first-order valence-corrected chi connectivity index (χ1v) is 14.0. The fraction of sp³-hybridized carbons (Fsp3) is 0.538. The van der Waals surface area contributed by atoms with E-state index in [0.29, 0.717) is 11.6 Å². The van der Waals surface area contributed by atoms with Crippen LogP contribution < -0.4 is 16.5 Å². The summed E-state index contributed by atoms with van der Waals surface area (Å²) in [6.07, 6.45) is 3.89. The van der Waals surface area contributed by atoms with Crippen molar-refractivity contribution in [1.82, 2.24) is 19.5 Å². The smallest absolute Gasteiger partial charge is 0.145 e. The largest absolute Gasteiger partial charge is 0.616 e. The van der Waals surface area contributed by atoms with Gasteiger partial charge in [-0.1, -0.05) is 0 Å². The number of aromatic nitrogens is 3. The van der Waals surface area contributed by atoms with Crippen molar-refractivity contribution in [1.29, 1.82) is 0 Å². The highest BCUT2D eigenvalue weighted by atomic mass is 32.2. The second-order valence-electron chi connectivity index (χ2n) is 10.3. The SMILES string of the molecule is C/C(N)=C(\c1cnc2c3ccc(N4CC(C)[S+]([O-])C(C)C4)nc3n(CC3CCOCC3)c2c1)N(C)N. The molecule has 0 aromatic carbocycles. The molecule has 2 unspecified atom stereocenters. The number of hydrazine groups is 1. The summed E-state index contributed by atoms with van der Waals surface area (Å²) in [6.45, 7) is 9.88. The number of nitrogens with two attached hydrogens (primary N) is 2. The molecular weight excluding hydrogens is 474 g/mol. The molecule has 10 heteroatoms. The maximum atomic E-state index is 12.5. The molecular formula is C26H37N7O2S. The van der Waals surface area contributed by atoms with Crippen LogP contribution in [0.25, 0.3) is 27.8 Å². The van der Waals surface area contributed by atoms with Crippen LogP contribution in [0.1, 0.15) is 39.2 Å². The first kappa shape index (κ1) is 25.1. The van der Waals surface area contributed by atoms with Crippen LogP contribution in [-0.2, 0) is 22.5 Å². The van der Waals surface area contributed by atoms with Gasteiger partial charge in [0, 0.05) is 49.6 Å². The molecule has 0 spiro atoms. The van der Waals surface area contributed by atoms with Crippen LogP contribution >= 0.6 is 0 Å². The number of pyridine rings is 2. The van der Waals surface area contributed by atoms with Crippen LogP contribution in [0.4, 0.5) is 5.82 Å². The highest BCUT2D eigenvalue weighted by Crippen LogP contribution is 2.33. The normalized spacial score (nSPS) is 24.4. The van der Waals surface area contributed by atoms with Crippen molar-refractivity contribution in [3.8, 4) is 0 Å². The topological polar surface area (TPSA) is 122 Å². The Labute approximate surface area is 215 Å². The number of fused-ring (bicyclic) bond motifs is 3. The van der Waals surface area contributed by atoms with Crippen LogP contribution in [0.3, 0.4) is 0 Å². The molecule has 2 aliphatic rings. The summed E-state index contributed by atoms with van der Waals surface area (Å²) < 4.78 is 20.4. The minimum Gasteiger partial charge on any atom is -0.616 e. The number of anilines is 1. The standard InChI is InChI=1S/C26H37N7O2S/c1-16-13-32(14-17(2)36(16)34)23-6-5-21-24-22(11-20(12-29-24)25(18(3)27)31(4)28)33(26(21)30-23)15-19-7-9-35-10-8-19/h5-6,11-12,16-17,19H,7-10,13-15,27-28H2,1-4H3/b25-18-. The summed E-state index contributed by atoms with van der Waals surface area (Å²) in [6, 6.07) is 6.34. The lowest BCUT2D eigenvalue weighted by Gasteiger charge is -2.37. The van der Waals surface area contributed by atoms with Gasteiger partial charge >= 0.3 is 0 Å². The number of rotatable bonds is 5. The average Bonchev–Trinajstić information content (AvgIpc) is 3.14. The fourth-order valence-electron chi connectivity index (χ4n) is 5.62. The third-order valence-electron chi connectivity index (χ3n) is 7.38. The van der Waals surface area contributed by atoms with Crippen molar-refractivity contribution in [2.75, 3.05) is 38.3 Å². The zero-order chi connectivity index (χ0) is 25.6. The van der Waals surface area contributed by atoms with Gasteiger partial charge in [0.25, 0.3) is 0 Å². The Morgan fingerprint density at radius 1 is 1.22 bits per heavy atom. The van der Waals surface area contributed by atoms with E-state index in [1.807, 2.05) is 13.1 Å². The molecule has 4 N–H and O–H groups in total. The van der Waals surface area contributed by atoms with Crippen molar-refractivity contribution in [2.45, 2.75) is 50.7 Å². The van der Waals surface area contributed by atoms with Gasteiger partial charge in [0.1, 0.15) is 22.0 Å². The summed E-state index contributed by atoms with van der Waals surface area (Å²) in [5.74, 6) is 7.55. The lowest BCUT2D eigenvalue weighted by molar-refractivity contribution is 0.0619. The summed E-state index contributed by atoms with van der Waals surface area (Å²) >= 11 is -0.813. The molecule has 0 bridgehead atoms. The molecule has 3 aromatic heterocycles. The maximum Gasteiger partial charge on any atom is 0.145 e. The molecule has 0 amide bonds. The van der Waals surface area contributed by atoms with Crippen molar-refractivity contribution in [2.24, 2.45) is 17.5 Å². The van der Waals surface area contributed by atoms with Gasteiger partial charge in [0.2, 0.25) is 0 Å². The zero-order valence-electron chi connectivity index (χ0n) is 21.6. The molecule has 2 fully saturated rings. The fourth-order valence-corrected chi connectivity index (χ4v) is 7.07. The third-order valence-corrected chi connectivity index (χ3v) is 9.27. The highest BCUT2D eigenvalue weighted by molar-refractivity contribution is 7.92. The second kappa shape index (κ2) is 10.1. The van der Waals surface area contributed by atoms with E-state index in [1.54, 1.807) is 12.1 Å². The molecule has 2 saturated heterocycles. The number of ether oxygens (including phenoxy) is 1. The molecule has 2 atom stereocenters. The van der Waals surface area contributed by atoms with Crippen LogP contribution in [0.5, 0.6) is 0 Å². The van der Waals surface area contributed by atoms with Gasteiger partial charge in [0.05, 0.1) is 29.8 Å². The third kappa shape index (κ3) is 4.63. The summed E-state index contributed by atoms with van der Waals surface area (Å²) in [7, 11) is 1.79. The Balaban J connectivity index is 1.65. The summed E-state index contributed by atoms with van der Waals surface area (Å²) in [5, 5.41) is 2.80. The van der Waals surface area contributed by atoms with E-state index < -0.39 is 11.2 Å². The van der Waals surface area contributed by atoms with Crippen molar-refractivity contribution < 1.29 is 9.29 Å². The Morgan fingerprint density at radius 2 is 1.92 bits per heavy atom. The van der Waals surface area contributed by atoms with Gasteiger partial charge in [-0.05, 0) is 68.9 Å². The lowest BCUT2D eigenvalue weighted by atomic mass is 10.0. The predicted octanol–water partition coefficient (Wildman–Crippen LogP) is 2.81. The minimum absolute atomic E-state index is 0.113. The van der Waals surface area contributed by atoms with E-state index in [2.05, 4.69) is 41.5 Å². The quantitative estimate of drug-likeness (QED) is 0.305. The lowest BCUT2D eigenvalue weighted by Crippen LogP contribution is -2.50. The Bertz CT molecular complexity index is 1270. The molecule has 5 rings (SSSR count). The van der Waals surface area contributed by atoms with E-state index >= 15 is 0 Å². The van der Waals surface area contributed by atoms with E-state index in [0.717, 1.165) is 84.8 Å². The molecule has 2 aliphatic heterocycles. The molecule has 194 valence electrons. The van der Waals surface area contributed by atoms with Crippen molar-refractivity contribution >= 4 is 44.8 Å². The van der Waals surface area contributed by atoms with E-state index in [1.165, 1.54) is 0 Å². The van der Waals surface area contributed by atoms with Crippen LogP contribution in [0.15, 0.2) is 30.1 Å². The van der Waals surface area contributed by atoms with Gasteiger partial charge in [-0.3, -0.25) is 4.98 Å². The highest BCUT2D eigenvalue weighted by Gasteiger charge is 2.34. The van der Waals surface area contributed by atoms with Gasteiger partial charge in [0.15, 0.2) is 0 Å². The number of hydrogen-bond donors (Lipinski definition) is 2. The van der Waals surface area contributed by atoms with Crippen molar-refractivity contribution in [3.63, 3.8) is 0 Å². The molecule has 9 nitrogen and oxygen atoms in total. The Hall–Kier alpha value is -2.53. The maximum absolute atomic E-state index is 12.5. The molecule has 0 saturated carbocycles. The Morgan fingerprint density at radius 3 is 2.56 bits per heavy atom. The first-order valence-electron chi connectivity index (χ1n) is 12.7. The predicted molar refractivity (Wildman–Crippen MR) is 147 cm³/mol. The Kier molecular flexibility index (Phi) is 7.04. The van der Waals surface area contributed by atoms with E-state index in [-0.39, 0.29) is 10.5 Å². The second-order valence-corrected chi connectivity index (χ2v) is 12.6. The van der Waals surface area contributed by atoms with Gasteiger partial charge in [-0.2, -0.15) is 0 Å². The molecule has 36 heavy (non-hydrogen) atoms. The van der Waals surface area contributed by atoms with Gasteiger partial charge in [-0.15, -0.1) is 0 Å². The summed E-state index contributed by atoms with van der Waals surface area (Å²) in [5.41, 5.74) is 11.3. The average molecular weight is 512 g/mol. The zero-order valence-corrected chi connectivity index (χ0v) is 22.4. The molecule has 3 aromatic rings. The minimum atomic E-state index is -0.813. The van der Waals surface area contributed by atoms with Crippen molar-refractivity contribution in [3.05, 3.63) is 35.7 Å². The van der Waals surface area contributed by atoms with Crippen LogP contribution in [0, 0.1) is 5.92 Å². The van der Waals surface area contributed by atoms with Crippen LogP contribution in [0.2, 0.25) is 0 Å². The molecule has 5 heterocycles. The van der Waals surface area contributed by atoms with E-state index in [9.17, 15) is 4.55 Å². The van der Waals surface area contributed by atoms with Gasteiger partial charge in [-0.25, -0.2) is 10.8 Å². The first-order chi connectivity index (χ1) is 17.2.